The van der Waals surface area contributed by atoms with Crippen LogP contribution in [0.2, 0.25) is 5.02 Å². The Labute approximate surface area is 193 Å². The van der Waals surface area contributed by atoms with Gasteiger partial charge in [0.2, 0.25) is 11.8 Å². The summed E-state index contributed by atoms with van der Waals surface area (Å²) in [5, 5.41) is 7.98. The second kappa shape index (κ2) is 9.61. The summed E-state index contributed by atoms with van der Waals surface area (Å²) in [5.74, 6) is -3.60. The molecule has 0 bridgehead atoms. The van der Waals surface area contributed by atoms with Crippen LogP contribution in [0.5, 0.6) is 5.75 Å². The topological polar surface area (TPSA) is 143 Å². The van der Waals surface area contributed by atoms with Crippen LogP contribution in [0, 0.1) is 5.92 Å². The molecule has 0 saturated carbocycles. The van der Waals surface area contributed by atoms with Gasteiger partial charge >= 0.3 is 6.03 Å². The number of nitrogens with zero attached hydrogens (tertiary/aromatic N) is 1. The maximum atomic E-state index is 12.5. The zero-order chi connectivity index (χ0) is 24.2. The first-order chi connectivity index (χ1) is 15.6. The van der Waals surface area contributed by atoms with Crippen LogP contribution < -0.4 is 20.8 Å². The van der Waals surface area contributed by atoms with Gasteiger partial charge in [-0.25, -0.2) is 10.2 Å². The molecule has 5 amide bonds. The first kappa shape index (κ1) is 23.6. The van der Waals surface area contributed by atoms with Crippen molar-refractivity contribution in [3.05, 3.63) is 64.7 Å². The summed E-state index contributed by atoms with van der Waals surface area (Å²) in [6.07, 6.45) is 0.905. The van der Waals surface area contributed by atoms with Gasteiger partial charge in [-0.1, -0.05) is 11.6 Å². The monoisotopic (exact) mass is 470 g/mol. The second-order valence-electron chi connectivity index (χ2n) is 7.48. The Kier molecular flexibility index (Phi) is 6.88. The highest BCUT2D eigenvalue weighted by molar-refractivity contribution is 6.30. The number of barbiturate groups is 1. The third-order valence-electron chi connectivity index (χ3n) is 4.57. The van der Waals surface area contributed by atoms with E-state index in [0.29, 0.717) is 21.9 Å². The number of hydrogen-bond acceptors (Lipinski definition) is 7. The van der Waals surface area contributed by atoms with E-state index in [2.05, 4.69) is 10.5 Å². The Morgan fingerprint density at radius 2 is 1.48 bits per heavy atom. The smallest absolute Gasteiger partial charge is 0.328 e. The Morgan fingerprint density at radius 1 is 0.970 bits per heavy atom. The molecule has 0 aliphatic carbocycles. The molecule has 33 heavy (non-hydrogen) atoms. The van der Waals surface area contributed by atoms with Crippen molar-refractivity contribution in [1.29, 1.82) is 0 Å². The number of hydrazone groups is 1. The zero-order valence-electron chi connectivity index (χ0n) is 17.5. The number of halogens is 1. The van der Waals surface area contributed by atoms with E-state index >= 15 is 0 Å². The van der Waals surface area contributed by atoms with Gasteiger partial charge in [-0.05, 0) is 62.4 Å². The lowest BCUT2D eigenvalue weighted by molar-refractivity contribution is -0.135. The summed E-state index contributed by atoms with van der Waals surface area (Å²) in [4.78, 5) is 59.3. The van der Waals surface area contributed by atoms with E-state index in [1.165, 1.54) is 13.8 Å². The molecule has 2 aromatic carbocycles. The van der Waals surface area contributed by atoms with E-state index in [1.807, 2.05) is 10.6 Å². The van der Waals surface area contributed by atoms with Crippen molar-refractivity contribution in [3.8, 4) is 5.75 Å². The molecule has 0 spiro atoms. The van der Waals surface area contributed by atoms with Gasteiger partial charge in [-0.2, -0.15) is 5.10 Å². The van der Waals surface area contributed by atoms with Crippen LogP contribution in [0.4, 0.5) is 4.79 Å². The Hall–Kier alpha value is -4.05. The molecule has 170 valence electrons. The molecule has 0 radical (unpaired) electrons. The molecular weight excluding hydrogens is 452 g/mol. The minimum Gasteiger partial charge on any atom is -0.478 e. The number of nitrogens with one attached hydrogen (secondary N) is 3. The number of hydrogen-bond donors (Lipinski definition) is 3. The van der Waals surface area contributed by atoms with Gasteiger partial charge in [0, 0.05) is 22.4 Å². The fourth-order valence-corrected chi connectivity index (χ4v) is 2.88. The number of urea groups is 1. The molecule has 3 N–H and O–H groups in total. The van der Waals surface area contributed by atoms with Crippen LogP contribution in [0.1, 0.15) is 29.8 Å². The van der Waals surface area contributed by atoms with E-state index in [-0.39, 0.29) is 5.78 Å². The summed E-state index contributed by atoms with van der Waals surface area (Å²) < 4.78 is 5.70. The van der Waals surface area contributed by atoms with Gasteiger partial charge in [0.1, 0.15) is 5.75 Å². The third kappa shape index (κ3) is 5.80. The van der Waals surface area contributed by atoms with Crippen molar-refractivity contribution in [2.75, 3.05) is 0 Å². The lowest BCUT2D eigenvalue weighted by Crippen LogP contribution is -2.56. The summed E-state index contributed by atoms with van der Waals surface area (Å²) in [7, 11) is 0. The number of ketones is 1. The fraction of sp³-hybridized carbons (Fsp3) is 0.182. The van der Waals surface area contributed by atoms with Gasteiger partial charge in [-0.15, -0.1) is 0 Å². The number of carbonyl (C=O) groups excluding carboxylic acids is 5. The SMILES string of the molecule is CC(C)(Oc1ccc(C(=O)c2ccc(Cl)cc2)cc1)C(=O)N/N=C/C1C(=O)NC(=O)NC1=O. The minimum atomic E-state index is -1.38. The molecule has 3 rings (SSSR count). The lowest BCUT2D eigenvalue weighted by atomic mass is 10.0. The molecule has 1 aliphatic heterocycles. The van der Waals surface area contributed by atoms with Crippen LogP contribution in [-0.2, 0) is 14.4 Å². The molecule has 0 unspecified atom stereocenters. The quantitative estimate of drug-likeness (QED) is 0.244. The van der Waals surface area contributed by atoms with Crippen molar-refractivity contribution in [3.63, 3.8) is 0 Å². The molecule has 1 heterocycles. The highest BCUT2D eigenvalue weighted by atomic mass is 35.5. The van der Waals surface area contributed by atoms with Crippen LogP contribution >= 0.6 is 11.6 Å². The van der Waals surface area contributed by atoms with E-state index in [0.717, 1.165) is 6.21 Å². The van der Waals surface area contributed by atoms with Gasteiger partial charge in [0.25, 0.3) is 5.91 Å². The standard InChI is InChI=1S/C22H19ClN4O6/c1-22(2,20(31)27-24-11-16-18(29)25-21(32)26-19(16)30)33-15-9-5-13(6-10-15)17(28)12-3-7-14(23)8-4-12/h3-11,16H,1-2H3,(H,27,31)(H2,25,26,29,30,32)/b24-11+. The van der Waals surface area contributed by atoms with Gasteiger partial charge in [0.15, 0.2) is 17.3 Å². The predicted molar refractivity (Wildman–Crippen MR) is 118 cm³/mol. The molecule has 0 aromatic heterocycles. The van der Waals surface area contributed by atoms with E-state index in [1.54, 1.807) is 48.5 Å². The van der Waals surface area contributed by atoms with Crippen molar-refractivity contribution < 1.29 is 28.7 Å². The molecule has 0 atom stereocenters. The Morgan fingerprint density at radius 3 is 2.03 bits per heavy atom. The predicted octanol–water partition coefficient (Wildman–Crippen LogP) is 1.81. The van der Waals surface area contributed by atoms with Gasteiger partial charge in [0.05, 0.1) is 0 Å². The normalized spacial score (nSPS) is 14.6. The highest BCUT2D eigenvalue weighted by Gasteiger charge is 2.34. The zero-order valence-corrected chi connectivity index (χ0v) is 18.3. The first-order valence-electron chi connectivity index (χ1n) is 9.65. The first-order valence-corrected chi connectivity index (χ1v) is 10.0. The average molecular weight is 471 g/mol. The second-order valence-corrected chi connectivity index (χ2v) is 7.91. The van der Waals surface area contributed by atoms with Gasteiger partial charge < -0.3 is 4.74 Å². The molecular formula is C22H19ClN4O6. The van der Waals surface area contributed by atoms with Crippen molar-refractivity contribution in [2.24, 2.45) is 11.0 Å². The van der Waals surface area contributed by atoms with Crippen LogP contribution in [0.25, 0.3) is 0 Å². The summed E-state index contributed by atoms with van der Waals surface area (Å²) >= 11 is 5.84. The van der Waals surface area contributed by atoms with Crippen molar-refractivity contribution >= 4 is 47.4 Å². The number of benzene rings is 2. The molecule has 1 saturated heterocycles. The van der Waals surface area contributed by atoms with Crippen molar-refractivity contribution in [2.45, 2.75) is 19.4 Å². The maximum Gasteiger partial charge on any atom is 0.328 e. The van der Waals surface area contributed by atoms with Crippen molar-refractivity contribution in [1.82, 2.24) is 16.1 Å². The molecule has 2 aromatic rings. The molecule has 1 aliphatic rings. The molecule has 10 nitrogen and oxygen atoms in total. The average Bonchev–Trinajstić information content (AvgIpc) is 2.75. The van der Waals surface area contributed by atoms with Crippen LogP contribution in [0.15, 0.2) is 53.6 Å². The minimum absolute atomic E-state index is 0.193. The summed E-state index contributed by atoms with van der Waals surface area (Å²) in [6.45, 7) is 2.98. The van der Waals surface area contributed by atoms with Gasteiger partial charge in [-0.3, -0.25) is 29.8 Å². The lowest BCUT2D eigenvalue weighted by Gasteiger charge is -2.24. The Balaban J connectivity index is 1.60. The largest absolute Gasteiger partial charge is 0.478 e. The van der Waals surface area contributed by atoms with E-state index < -0.39 is 35.3 Å². The maximum absolute atomic E-state index is 12.5. The summed E-state index contributed by atoms with van der Waals surface area (Å²) in [6, 6.07) is 11.8. The summed E-state index contributed by atoms with van der Waals surface area (Å²) in [5.41, 5.74) is 1.72. The number of ether oxygens (including phenoxy) is 1. The van der Waals surface area contributed by atoms with E-state index in [9.17, 15) is 24.0 Å². The molecule has 1 fully saturated rings. The molecule has 11 heteroatoms. The number of carbonyl (C=O) groups is 5. The fourth-order valence-electron chi connectivity index (χ4n) is 2.75. The Bertz CT molecular complexity index is 1120. The van der Waals surface area contributed by atoms with Crippen LogP contribution in [-0.4, -0.2) is 41.4 Å². The number of rotatable bonds is 7. The third-order valence-corrected chi connectivity index (χ3v) is 4.82. The number of imide groups is 2. The highest BCUT2D eigenvalue weighted by Crippen LogP contribution is 2.21. The number of amides is 5. The van der Waals surface area contributed by atoms with E-state index in [4.69, 9.17) is 16.3 Å². The van der Waals surface area contributed by atoms with Crippen LogP contribution in [0.3, 0.4) is 0 Å².